The zero-order chi connectivity index (χ0) is 30.7. The number of rotatable bonds is 14. The Hall–Kier alpha value is -2.02. The molecule has 2 aromatic heterocycles. The molecule has 45 heavy (non-hydrogen) atoms. The number of hydrogen-bond donors (Lipinski definition) is 2. The average molecular weight is 722 g/mol. The van der Waals surface area contributed by atoms with Crippen LogP contribution in [-0.2, 0) is 14.6 Å². The number of ether oxygens (including phenoxy) is 1. The molecule has 12 nitrogen and oxygen atoms in total. The summed E-state index contributed by atoms with van der Waals surface area (Å²) < 4.78 is 55.0. The lowest BCUT2D eigenvalue weighted by molar-refractivity contribution is -1.08. The molecule has 5 heterocycles. The molecule has 248 valence electrons. The summed E-state index contributed by atoms with van der Waals surface area (Å²) in [5.41, 5.74) is 4.64. The van der Waals surface area contributed by atoms with Crippen LogP contribution in [0, 0.1) is 18.3 Å². The predicted octanol–water partition coefficient (Wildman–Crippen LogP) is -4.59. The second-order valence-electron chi connectivity index (χ2n) is 11.6. The Morgan fingerprint density at radius 1 is 1.07 bits per heavy atom. The molecule has 0 amide bonds. The number of aryl methyl sites for hydroxylation is 1. The van der Waals surface area contributed by atoms with Gasteiger partial charge in [-0.05, 0) is 42.8 Å². The number of benzene rings is 1. The van der Waals surface area contributed by atoms with Crippen molar-refractivity contribution in [3.8, 4) is 17.6 Å². The predicted molar refractivity (Wildman–Crippen MR) is 161 cm³/mol. The van der Waals surface area contributed by atoms with Crippen molar-refractivity contribution < 1.29 is 66.7 Å². The third-order valence-electron chi connectivity index (χ3n) is 8.73. The van der Waals surface area contributed by atoms with E-state index in [1.807, 2.05) is 24.3 Å². The molecule has 1 atom stereocenters. The SMILES string of the molecule is Cc1c(S(=O)(=O)NCP(=O)([O-])Oc2ccc(C#N)nc2)sc2ccc(OCCC[N+]34CC[N+](CCC[NH3+])(CC3)CC4)cc12.[Cl-].[Cl-]. The van der Waals surface area contributed by atoms with Crippen molar-refractivity contribution in [2.45, 2.75) is 24.0 Å². The van der Waals surface area contributed by atoms with E-state index in [9.17, 15) is 17.9 Å². The summed E-state index contributed by atoms with van der Waals surface area (Å²) in [6, 6.07) is 9.93. The zero-order valence-corrected chi connectivity index (χ0v) is 29.2. The summed E-state index contributed by atoms with van der Waals surface area (Å²) in [5, 5.41) is 9.56. The van der Waals surface area contributed by atoms with E-state index in [0.717, 1.165) is 47.1 Å². The van der Waals surface area contributed by atoms with E-state index in [2.05, 4.69) is 15.4 Å². The molecule has 0 saturated carbocycles. The van der Waals surface area contributed by atoms with E-state index in [1.165, 1.54) is 73.3 Å². The summed E-state index contributed by atoms with van der Waals surface area (Å²) in [7, 11) is -8.78. The third kappa shape index (κ3) is 8.87. The van der Waals surface area contributed by atoms with E-state index in [-0.39, 0.29) is 40.5 Å². The topological polar surface area (TPSA) is 169 Å². The Morgan fingerprint density at radius 3 is 2.27 bits per heavy atom. The Kier molecular flexibility index (Phi) is 12.7. The van der Waals surface area contributed by atoms with Crippen LogP contribution in [0.15, 0.2) is 40.7 Å². The smallest absolute Gasteiger partial charge is 0.250 e. The van der Waals surface area contributed by atoms with Gasteiger partial charge < -0.3 is 53.7 Å². The normalized spacial score (nSPS) is 22.1. The number of nitrogens with zero attached hydrogens (tertiary/aromatic N) is 4. The molecule has 6 rings (SSSR count). The number of nitriles is 1. The fraction of sp³-hybridized carbons (Fsp3) is 0.500. The Labute approximate surface area is 280 Å². The lowest BCUT2D eigenvalue weighted by Gasteiger charge is -2.55. The van der Waals surface area contributed by atoms with Crippen LogP contribution in [0.4, 0.5) is 0 Å². The van der Waals surface area contributed by atoms with Gasteiger partial charge in [-0.25, -0.2) is 18.1 Å². The molecule has 3 fully saturated rings. The van der Waals surface area contributed by atoms with Crippen LogP contribution < -0.4 is 49.4 Å². The highest BCUT2D eigenvalue weighted by molar-refractivity contribution is 7.92. The number of piperazine rings is 3. The highest BCUT2D eigenvalue weighted by atomic mass is 35.5. The second-order valence-corrected chi connectivity index (χ2v) is 16.3. The van der Waals surface area contributed by atoms with E-state index >= 15 is 0 Å². The fourth-order valence-electron chi connectivity index (χ4n) is 6.10. The fourth-order valence-corrected chi connectivity index (χ4v) is 10.4. The van der Waals surface area contributed by atoms with Crippen molar-refractivity contribution in [2.24, 2.45) is 0 Å². The monoisotopic (exact) mass is 720 g/mol. The molecule has 0 spiro atoms. The zero-order valence-electron chi connectivity index (χ0n) is 25.1. The van der Waals surface area contributed by atoms with Crippen LogP contribution in [-0.4, -0.2) is 94.2 Å². The first-order valence-electron chi connectivity index (χ1n) is 14.5. The molecular formula is C28H39Cl2N6O6PS2. The number of aromatic nitrogens is 1. The summed E-state index contributed by atoms with van der Waals surface area (Å²) in [5.74, 6) is 0.569. The lowest BCUT2D eigenvalue weighted by Crippen LogP contribution is -3.00. The minimum atomic E-state index is -4.63. The summed E-state index contributed by atoms with van der Waals surface area (Å²) >= 11 is 1.07. The first-order valence-corrected chi connectivity index (χ1v) is 18.5. The quantitative estimate of drug-likeness (QED) is 0.0953. The van der Waals surface area contributed by atoms with Crippen LogP contribution in [0.3, 0.4) is 0 Å². The van der Waals surface area contributed by atoms with Crippen LogP contribution >= 0.6 is 18.9 Å². The average Bonchev–Trinajstić information content (AvgIpc) is 3.35. The minimum Gasteiger partial charge on any atom is -1.00 e. The van der Waals surface area contributed by atoms with Crippen molar-refractivity contribution in [1.82, 2.24) is 9.71 Å². The second kappa shape index (κ2) is 15.3. The minimum absolute atomic E-state index is 0. The Balaban J connectivity index is 0.00000276. The highest BCUT2D eigenvalue weighted by Gasteiger charge is 2.48. The van der Waals surface area contributed by atoms with E-state index < -0.39 is 23.9 Å². The number of quaternary nitrogens is 3. The van der Waals surface area contributed by atoms with Crippen LogP contribution in [0.5, 0.6) is 11.5 Å². The summed E-state index contributed by atoms with van der Waals surface area (Å²) in [6.07, 6.45) is 2.32. The molecule has 1 aromatic carbocycles. The van der Waals surface area contributed by atoms with Gasteiger partial charge >= 0.3 is 0 Å². The molecule has 3 aliphatic rings. The standard InChI is InChI=1S/C28H38N6O6PS2.2ClH/c1-22-26-18-24(39-17-3-10-34-14-11-33(12-15-34,13-16-34)9-2-8-29)6-7-27(26)42-28(22)43(37,38)32-21-41(35,36)40-25-5-4-23(19-30)31-20-25;;/h4-7,18,20,32H,2-3,8-17,21,29H2,1H3;2*1H/q+1;;/p-1. The molecule has 2 bridgehead atoms. The van der Waals surface area contributed by atoms with Gasteiger partial charge in [0.2, 0.25) is 0 Å². The maximum absolute atomic E-state index is 13.1. The number of halogens is 2. The van der Waals surface area contributed by atoms with Gasteiger partial charge in [-0.2, -0.15) is 5.26 Å². The van der Waals surface area contributed by atoms with Crippen LogP contribution in [0.2, 0.25) is 0 Å². The van der Waals surface area contributed by atoms with E-state index in [0.29, 0.717) is 17.9 Å². The van der Waals surface area contributed by atoms with E-state index in [4.69, 9.17) is 14.5 Å². The number of pyridine rings is 1. The number of hydrogen-bond acceptors (Lipinski definition) is 9. The molecule has 3 aliphatic heterocycles. The molecule has 3 saturated heterocycles. The van der Waals surface area contributed by atoms with Crippen molar-refractivity contribution >= 4 is 39.0 Å². The Morgan fingerprint density at radius 2 is 1.69 bits per heavy atom. The molecule has 4 N–H and O–H groups in total. The molecule has 0 aliphatic carbocycles. The van der Waals surface area contributed by atoms with Gasteiger partial charge in [-0.15, -0.1) is 11.3 Å². The van der Waals surface area contributed by atoms with Crippen LogP contribution in [0.1, 0.15) is 24.1 Å². The van der Waals surface area contributed by atoms with Gasteiger partial charge in [0, 0.05) is 22.9 Å². The summed E-state index contributed by atoms with van der Waals surface area (Å²) in [6.45, 7) is 13.2. The number of sulfonamides is 1. The van der Waals surface area contributed by atoms with Crippen molar-refractivity contribution in [2.75, 3.05) is 71.8 Å². The maximum Gasteiger partial charge on any atom is 0.250 e. The number of fused-ring (bicyclic) bond motifs is 4. The van der Waals surface area contributed by atoms with Crippen molar-refractivity contribution in [1.29, 1.82) is 5.26 Å². The van der Waals surface area contributed by atoms with Crippen molar-refractivity contribution in [3.05, 3.63) is 47.8 Å². The van der Waals surface area contributed by atoms with Gasteiger partial charge in [0.05, 0.1) is 38.7 Å². The molecule has 0 radical (unpaired) electrons. The molecular weight excluding hydrogens is 682 g/mol. The van der Waals surface area contributed by atoms with Crippen molar-refractivity contribution in [3.63, 3.8) is 0 Å². The van der Waals surface area contributed by atoms with Gasteiger partial charge in [-0.3, -0.25) is 4.57 Å². The van der Waals surface area contributed by atoms with Gasteiger partial charge in [-0.1, -0.05) is 0 Å². The van der Waals surface area contributed by atoms with Gasteiger partial charge in [0.25, 0.3) is 10.0 Å². The first kappa shape index (κ1) is 37.4. The van der Waals surface area contributed by atoms with Gasteiger partial charge in [0.15, 0.2) is 7.60 Å². The van der Waals surface area contributed by atoms with E-state index in [1.54, 1.807) is 6.92 Å². The maximum atomic E-state index is 13.1. The number of thiophene rings is 1. The highest BCUT2D eigenvalue weighted by Crippen LogP contribution is 2.39. The largest absolute Gasteiger partial charge is 1.00 e. The molecule has 17 heteroatoms. The molecule has 3 aromatic rings. The van der Waals surface area contributed by atoms with Crippen LogP contribution in [0.25, 0.3) is 10.1 Å². The molecule has 1 unspecified atom stereocenters. The van der Waals surface area contributed by atoms with Gasteiger partial charge in [0.1, 0.15) is 66.7 Å². The summed E-state index contributed by atoms with van der Waals surface area (Å²) in [4.78, 5) is 16.2. The lowest BCUT2D eigenvalue weighted by atomic mass is 10.1. The first-order chi connectivity index (χ1) is 20.5. The Bertz CT molecular complexity index is 1640. The number of nitrogens with one attached hydrogen (secondary N) is 1. The third-order valence-corrected chi connectivity index (χ3v) is 13.3.